The fourth-order valence-corrected chi connectivity index (χ4v) is 2.33. The summed E-state index contributed by atoms with van der Waals surface area (Å²) in [4.78, 5) is 25.7. The zero-order chi connectivity index (χ0) is 15.2. The van der Waals surface area contributed by atoms with Crippen molar-refractivity contribution in [2.24, 2.45) is 0 Å². The molecule has 1 aliphatic heterocycles. The molecule has 114 valence electrons. The largest absolute Gasteiger partial charge is 0.378 e. The van der Waals surface area contributed by atoms with Crippen LogP contribution in [0, 0.1) is 0 Å². The predicted molar refractivity (Wildman–Crippen MR) is 81.5 cm³/mol. The number of hydrogen-bond acceptors (Lipinski definition) is 4. The number of rotatable bonds is 5. The van der Waals surface area contributed by atoms with Crippen LogP contribution in [-0.2, 0) is 9.53 Å². The molecule has 21 heavy (non-hydrogen) atoms. The summed E-state index contributed by atoms with van der Waals surface area (Å²) in [5.41, 5.74) is 1.55. The van der Waals surface area contributed by atoms with Crippen molar-refractivity contribution in [2.45, 2.75) is 26.3 Å². The summed E-state index contributed by atoms with van der Waals surface area (Å²) in [6.45, 7) is 6.20. The van der Waals surface area contributed by atoms with Crippen LogP contribution in [0.1, 0.15) is 30.6 Å². The molecule has 1 fully saturated rings. The maximum atomic E-state index is 12.3. The van der Waals surface area contributed by atoms with Gasteiger partial charge in [0.1, 0.15) is 6.04 Å². The molecule has 0 bridgehead atoms. The van der Waals surface area contributed by atoms with Gasteiger partial charge in [0, 0.05) is 30.8 Å². The lowest BCUT2D eigenvalue weighted by Gasteiger charge is -2.29. The third kappa shape index (κ3) is 4.04. The molecule has 1 aromatic rings. The molecule has 1 amide bonds. The van der Waals surface area contributed by atoms with Crippen LogP contribution in [-0.4, -0.2) is 48.9 Å². The molecule has 0 saturated carbocycles. The van der Waals surface area contributed by atoms with Gasteiger partial charge in [-0.05, 0) is 31.2 Å². The number of carbonyl (C=O) groups excluding carboxylic acids is 2. The Bertz CT molecular complexity index is 493. The normalized spacial score (nSPS) is 16.4. The second-order valence-electron chi connectivity index (χ2n) is 5.16. The van der Waals surface area contributed by atoms with E-state index in [1.54, 1.807) is 12.1 Å². The Balaban J connectivity index is 1.93. The Morgan fingerprint density at radius 3 is 2.43 bits per heavy atom. The number of anilines is 1. The smallest absolute Gasteiger partial charge is 0.244 e. The first-order valence-corrected chi connectivity index (χ1v) is 7.38. The van der Waals surface area contributed by atoms with Gasteiger partial charge in [0.2, 0.25) is 5.91 Å². The molecule has 1 heterocycles. The molecule has 1 atom stereocenters. The van der Waals surface area contributed by atoms with E-state index in [1.165, 1.54) is 0 Å². The van der Waals surface area contributed by atoms with Crippen molar-refractivity contribution >= 4 is 17.4 Å². The highest BCUT2D eigenvalue weighted by molar-refractivity contribution is 5.96. The summed E-state index contributed by atoms with van der Waals surface area (Å²) < 4.78 is 5.25. The average molecular weight is 290 g/mol. The van der Waals surface area contributed by atoms with Crippen molar-refractivity contribution in [1.82, 2.24) is 4.90 Å². The monoisotopic (exact) mass is 290 g/mol. The number of amides is 1. The molecule has 0 aromatic heterocycles. The summed E-state index contributed by atoms with van der Waals surface area (Å²) in [5.74, 6) is 0.200. The van der Waals surface area contributed by atoms with Crippen LogP contribution in [0.15, 0.2) is 24.3 Å². The second-order valence-corrected chi connectivity index (χ2v) is 5.16. The van der Waals surface area contributed by atoms with E-state index in [0.29, 0.717) is 38.3 Å². The van der Waals surface area contributed by atoms with Gasteiger partial charge >= 0.3 is 0 Å². The highest BCUT2D eigenvalue weighted by Gasteiger charge is 2.22. The lowest BCUT2D eigenvalue weighted by Crippen LogP contribution is -2.46. The first-order valence-electron chi connectivity index (χ1n) is 7.38. The third-order valence-electron chi connectivity index (χ3n) is 3.60. The number of Topliss-reactive ketones (excluding diaryl/α,β-unsaturated/α-hetero) is 1. The highest BCUT2D eigenvalue weighted by atomic mass is 16.5. The van der Waals surface area contributed by atoms with Gasteiger partial charge in [-0.15, -0.1) is 0 Å². The Hall–Kier alpha value is -1.88. The molecule has 1 aromatic carbocycles. The van der Waals surface area contributed by atoms with Gasteiger partial charge in [0.05, 0.1) is 13.2 Å². The first-order chi connectivity index (χ1) is 10.1. The van der Waals surface area contributed by atoms with Crippen molar-refractivity contribution < 1.29 is 14.3 Å². The van der Waals surface area contributed by atoms with Gasteiger partial charge in [-0.25, -0.2) is 0 Å². The minimum absolute atomic E-state index is 0.0759. The van der Waals surface area contributed by atoms with E-state index in [2.05, 4.69) is 5.32 Å². The van der Waals surface area contributed by atoms with Gasteiger partial charge in [-0.1, -0.05) is 6.92 Å². The van der Waals surface area contributed by atoms with Crippen molar-refractivity contribution in [3.8, 4) is 0 Å². The number of nitrogens with one attached hydrogen (secondary N) is 1. The number of nitrogens with zero attached hydrogens (tertiary/aromatic N) is 1. The van der Waals surface area contributed by atoms with E-state index in [-0.39, 0.29) is 17.7 Å². The van der Waals surface area contributed by atoms with Crippen molar-refractivity contribution in [2.75, 3.05) is 31.6 Å². The van der Waals surface area contributed by atoms with Gasteiger partial charge in [0.25, 0.3) is 0 Å². The highest BCUT2D eigenvalue weighted by Crippen LogP contribution is 2.13. The van der Waals surface area contributed by atoms with Crippen LogP contribution in [0.4, 0.5) is 5.69 Å². The van der Waals surface area contributed by atoms with E-state index in [9.17, 15) is 9.59 Å². The molecule has 2 rings (SSSR count). The fraction of sp³-hybridized carbons (Fsp3) is 0.500. The number of ether oxygens (including phenoxy) is 1. The van der Waals surface area contributed by atoms with Crippen molar-refractivity contribution in [3.63, 3.8) is 0 Å². The van der Waals surface area contributed by atoms with Crippen molar-refractivity contribution in [1.29, 1.82) is 0 Å². The fourth-order valence-electron chi connectivity index (χ4n) is 2.33. The van der Waals surface area contributed by atoms with Crippen LogP contribution in [0.2, 0.25) is 0 Å². The van der Waals surface area contributed by atoms with E-state index < -0.39 is 0 Å². The average Bonchev–Trinajstić information content (AvgIpc) is 2.55. The van der Waals surface area contributed by atoms with Crippen LogP contribution in [0.3, 0.4) is 0 Å². The van der Waals surface area contributed by atoms with Gasteiger partial charge < -0.3 is 15.0 Å². The molecule has 0 radical (unpaired) electrons. The minimum atomic E-state index is -0.296. The summed E-state index contributed by atoms with van der Waals surface area (Å²) in [6, 6.07) is 6.97. The topological polar surface area (TPSA) is 58.6 Å². The van der Waals surface area contributed by atoms with Gasteiger partial charge in [0.15, 0.2) is 5.78 Å². The minimum Gasteiger partial charge on any atom is -0.378 e. The number of benzene rings is 1. The second kappa shape index (κ2) is 7.22. The summed E-state index contributed by atoms with van der Waals surface area (Å²) in [5, 5.41) is 3.18. The molecular formula is C16H22N2O3. The third-order valence-corrected chi connectivity index (χ3v) is 3.60. The zero-order valence-electron chi connectivity index (χ0n) is 12.6. The SMILES string of the molecule is CCC(=O)c1ccc(NC(C)C(=O)N2CCOCC2)cc1. The molecule has 0 spiro atoms. The van der Waals surface area contributed by atoms with Crippen LogP contribution < -0.4 is 5.32 Å². The molecule has 5 heteroatoms. The summed E-state index contributed by atoms with van der Waals surface area (Å²) in [7, 11) is 0. The molecule has 1 unspecified atom stereocenters. The van der Waals surface area contributed by atoms with Crippen LogP contribution in [0.5, 0.6) is 0 Å². The van der Waals surface area contributed by atoms with Gasteiger partial charge in [-0.3, -0.25) is 9.59 Å². The van der Waals surface area contributed by atoms with Crippen LogP contribution in [0.25, 0.3) is 0 Å². The standard InChI is InChI=1S/C16H22N2O3/c1-3-15(19)13-4-6-14(7-5-13)17-12(2)16(20)18-8-10-21-11-9-18/h4-7,12,17H,3,8-11H2,1-2H3. The molecule has 1 N–H and O–H groups in total. The number of hydrogen-bond donors (Lipinski definition) is 1. The van der Waals surface area contributed by atoms with E-state index in [4.69, 9.17) is 4.74 Å². The maximum Gasteiger partial charge on any atom is 0.244 e. The molecule has 1 aliphatic rings. The summed E-state index contributed by atoms with van der Waals surface area (Å²) >= 11 is 0. The molecule has 1 saturated heterocycles. The number of morpholine rings is 1. The van der Waals surface area contributed by atoms with Crippen molar-refractivity contribution in [3.05, 3.63) is 29.8 Å². The Morgan fingerprint density at radius 2 is 1.86 bits per heavy atom. The Morgan fingerprint density at radius 1 is 1.24 bits per heavy atom. The Kier molecular flexibility index (Phi) is 5.33. The first kappa shape index (κ1) is 15.5. The van der Waals surface area contributed by atoms with E-state index in [0.717, 1.165) is 5.69 Å². The van der Waals surface area contributed by atoms with Crippen LogP contribution >= 0.6 is 0 Å². The predicted octanol–water partition coefficient (Wildman–Crippen LogP) is 1.94. The van der Waals surface area contributed by atoms with Gasteiger partial charge in [-0.2, -0.15) is 0 Å². The molecule has 0 aliphatic carbocycles. The quantitative estimate of drug-likeness (QED) is 0.842. The number of carbonyl (C=O) groups is 2. The zero-order valence-corrected chi connectivity index (χ0v) is 12.6. The number of ketones is 1. The van der Waals surface area contributed by atoms with E-state index in [1.807, 2.05) is 30.9 Å². The molecular weight excluding hydrogens is 268 g/mol. The maximum absolute atomic E-state index is 12.3. The Labute approximate surface area is 125 Å². The lowest BCUT2D eigenvalue weighted by molar-refractivity contribution is -0.135. The summed E-state index contributed by atoms with van der Waals surface area (Å²) in [6.07, 6.45) is 0.499. The van der Waals surface area contributed by atoms with E-state index >= 15 is 0 Å². The molecule has 5 nitrogen and oxygen atoms in total. The lowest BCUT2D eigenvalue weighted by atomic mass is 10.1.